The Bertz CT molecular complexity index is 391. The van der Waals surface area contributed by atoms with Crippen molar-refractivity contribution in [3.05, 3.63) is 17.0 Å². The van der Waals surface area contributed by atoms with Crippen molar-refractivity contribution in [2.75, 3.05) is 37.7 Å². The lowest BCUT2D eigenvalue weighted by Gasteiger charge is -2.28. The van der Waals surface area contributed by atoms with Crippen LogP contribution in [-0.4, -0.2) is 42.8 Å². The van der Waals surface area contributed by atoms with Gasteiger partial charge in [-0.1, -0.05) is 13.8 Å². The van der Waals surface area contributed by atoms with Crippen molar-refractivity contribution in [1.82, 2.24) is 9.97 Å². The van der Waals surface area contributed by atoms with Crippen molar-refractivity contribution in [1.29, 1.82) is 0 Å². The Morgan fingerprint density at radius 3 is 2.16 bits per heavy atom. The largest absolute Gasteiger partial charge is 0.378 e. The summed E-state index contributed by atoms with van der Waals surface area (Å²) >= 11 is 0. The Kier molecular flexibility index (Phi) is 5.10. The van der Waals surface area contributed by atoms with Crippen LogP contribution in [0.2, 0.25) is 0 Å². The number of nitrogens with two attached hydrogens (primary N) is 1. The van der Waals surface area contributed by atoms with Crippen molar-refractivity contribution in [2.45, 2.75) is 33.1 Å². The molecule has 2 N–H and O–H groups in total. The summed E-state index contributed by atoms with van der Waals surface area (Å²) in [6, 6.07) is 0. The van der Waals surface area contributed by atoms with Crippen LogP contribution in [0.25, 0.3) is 0 Å². The van der Waals surface area contributed by atoms with Crippen molar-refractivity contribution in [3.63, 3.8) is 0 Å². The topological polar surface area (TPSA) is 64.3 Å². The van der Waals surface area contributed by atoms with Gasteiger partial charge in [0, 0.05) is 24.5 Å². The first-order valence-corrected chi connectivity index (χ1v) is 7.21. The summed E-state index contributed by atoms with van der Waals surface area (Å²) in [7, 11) is 0. The first-order valence-electron chi connectivity index (χ1n) is 7.21. The lowest BCUT2D eigenvalue weighted by molar-refractivity contribution is 0.122. The predicted molar refractivity (Wildman–Crippen MR) is 76.6 cm³/mol. The van der Waals surface area contributed by atoms with Crippen LogP contribution in [0.15, 0.2) is 0 Å². The number of rotatable bonds is 5. The molecule has 0 atom stereocenters. The molecule has 0 amide bonds. The number of ether oxygens (including phenoxy) is 1. The van der Waals surface area contributed by atoms with Crippen molar-refractivity contribution >= 4 is 5.95 Å². The van der Waals surface area contributed by atoms with E-state index in [-0.39, 0.29) is 0 Å². The molecular weight excluding hydrogens is 240 g/mol. The minimum atomic E-state index is 0.653. The van der Waals surface area contributed by atoms with Crippen molar-refractivity contribution in [3.8, 4) is 0 Å². The molecule has 0 spiro atoms. The number of hydrogen-bond donors (Lipinski definition) is 1. The molecule has 19 heavy (non-hydrogen) atoms. The molecule has 1 aliphatic heterocycles. The summed E-state index contributed by atoms with van der Waals surface area (Å²) in [5.41, 5.74) is 9.26. The first kappa shape index (κ1) is 14.2. The average Bonchev–Trinajstić information content (AvgIpc) is 2.48. The highest BCUT2D eigenvalue weighted by atomic mass is 16.5. The molecular formula is C14H24N4O. The van der Waals surface area contributed by atoms with Crippen LogP contribution < -0.4 is 10.6 Å². The number of morpholine rings is 1. The second kappa shape index (κ2) is 6.82. The highest BCUT2D eigenvalue weighted by Crippen LogP contribution is 2.19. The Hall–Kier alpha value is -1.20. The maximum atomic E-state index is 5.71. The molecule has 1 fully saturated rings. The summed E-state index contributed by atoms with van der Waals surface area (Å²) in [6.07, 6.45) is 2.74. The summed E-state index contributed by atoms with van der Waals surface area (Å²) in [5, 5.41) is 0. The van der Waals surface area contributed by atoms with Crippen molar-refractivity contribution < 1.29 is 4.74 Å². The number of aryl methyl sites for hydroxylation is 2. The van der Waals surface area contributed by atoms with Crippen LogP contribution in [0.5, 0.6) is 0 Å². The summed E-state index contributed by atoms with van der Waals surface area (Å²) < 4.78 is 5.38. The van der Waals surface area contributed by atoms with Crippen LogP contribution in [0.1, 0.15) is 30.8 Å². The molecule has 5 heteroatoms. The standard InChI is InChI=1S/C14H24N4O/c1-3-12-11(5-6-15)13(4-2)17-14(16-12)18-7-9-19-10-8-18/h3-10,15H2,1-2H3. The fraction of sp³-hybridized carbons (Fsp3) is 0.714. The second-order valence-electron chi connectivity index (χ2n) is 4.74. The molecule has 0 saturated carbocycles. The van der Waals surface area contributed by atoms with Gasteiger partial charge >= 0.3 is 0 Å². The quantitative estimate of drug-likeness (QED) is 0.857. The molecule has 5 nitrogen and oxygen atoms in total. The predicted octanol–water partition coefficient (Wildman–Crippen LogP) is 0.939. The van der Waals surface area contributed by atoms with E-state index in [1.165, 1.54) is 5.56 Å². The van der Waals surface area contributed by atoms with Crippen LogP contribution >= 0.6 is 0 Å². The zero-order valence-electron chi connectivity index (χ0n) is 12.0. The zero-order valence-corrected chi connectivity index (χ0v) is 12.0. The summed E-state index contributed by atoms with van der Waals surface area (Å²) in [5.74, 6) is 0.859. The molecule has 0 radical (unpaired) electrons. The molecule has 2 heterocycles. The van der Waals surface area contributed by atoms with E-state index < -0.39 is 0 Å². The lowest BCUT2D eigenvalue weighted by Crippen LogP contribution is -2.37. The lowest BCUT2D eigenvalue weighted by atomic mass is 10.0. The van der Waals surface area contributed by atoms with E-state index in [4.69, 9.17) is 20.4 Å². The number of anilines is 1. The third kappa shape index (κ3) is 3.22. The van der Waals surface area contributed by atoms with Crippen LogP contribution in [0.3, 0.4) is 0 Å². The van der Waals surface area contributed by atoms with E-state index in [9.17, 15) is 0 Å². The Balaban J connectivity index is 2.34. The van der Waals surface area contributed by atoms with E-state index in [0.29, 0.717) is 6.54 Å². The zero-order chi connectivity index (χ0) is 13.7. The fourth-order valence-corrected chi connectivity index (χ4v) is 2.49. The highest BCUT2D eigenvalue weighted by Gasteiger charge is 2.18. The van der Waals surface area contributed by atoms with E-state index in [2.05, 4.69) is 18.7 Å². The van der Waals surface area contributed by atoms with Gasteiger partial charge in [0.15, 0.2) is 0 Å². The minimum absolute atomic E-state index is 0.653. The molecule has 0 aliphatic carbocycles. The van der Waals surface area contributed by atoms with Gasteiger partial charge in [-0.25, -0.2) is 9.97 Å². The maximum absolute atomic E-state index is 5.71. The van der Waals surface area contributed by atoms with E-state index in [1.807, 2.05) is 0 Å². The van der Waals surface area contributed by atoms with Gasteiger partial charge < -0.3 is 15.4 Å². The van der Waals surface area contributed by atoms with Crippen LogP contribution in [0.4, 0.5) is 5.95 Å². The molecule has 106 valence electrons. The molecule has 0 bridgehead atoms. The SMILES string of the molecule is CCc1nc(N2CCOCC2)nc(CC)c1CCN. The maximum Gasteiger partial charge on any atom is 0.225 e. The number of aromatic nitrogens is 2. The van der Waals surface area contributed by atoms with Gasteiger partial charge in [-0.15, -0.1) is 0 Å². The van der Waals surface area contributed by atoms with E-state index >= 15 is 0 Å². The average molecular weight is 264 g/mol. The highest BCUT2D eigenvalue weighted by molar-refractivity contribution is 5.38. The summed E-state index contributed by atoms with van der Waals surface area (Å²) in [4.78, 5) is 11.7. The third-order valence-electron chi connectivity index (χ3n) is 3.52. The third-order valence-corrected chi connectivity index (χ3v) is 3.52. The van der Waals surface area contributed by atoms with Gasteiger partial charge in [0.2, 0.25) is 5.95 Å². The minimum Gasteiger partial charge on any atom is -0.378 e. The van der Waals surface area contributed by atoms with Crippen molar-refractivity contribution in [2.24, 2.45) is 5.73 Å². The van der Waals surface area contributed by atoms with Gasteiger partial charge in [0.05, 0.1) is 13.2 Å². The monoisotopic (exact) mass is 264 g/mol. The Morgan fingerprint density at radius 2 is 1.68 bits per heavy atom. The van der Waals surface area contributed by atoms with Gasteiger partial charge in [-0.05, 0) is 31.4 Å². The molecule has 1 aliphatic rings. The van der Waals surface area contributed by atoms with Crippen LogP contribution in [-0.2, 0) is 24.0 Å². The van der Waals surface area contributed by atoms with Gasteiger partial charge in [-0.2, -0.15) is 0 Å². The molecule has 0 unspecified atom stereocenters. The van der Waals surface area contributed by atoms with Gasteiger partial charge in [0.1, 0.15) is 0 Å². The van der Waals surface area contributed by atoms with E-state index in [0.717, 1.165) is 62.9 Å². The number of hydrogen-bond acceptors (Lipinski definition) is 5. The molecule has 1 aromatic rings. The smallest absolute Gasteiger partial charge is 0.225 e. The van der Waals surface area contributed by atoms with Gasteiger partial charge in [-0.3, -0.25) is 0 Å². The van der Waals surface area contributed by atoms with Gasteiger partial charge in [0.25, 0.3) is 0 Å². The molecule has 1 saturated heterocycles. The fourth-order valence-electron chi connectivity index (χ4n) is 2.49. The van der Waals surface area contributed by atoms with Crippen LogP contribution in [0, 0.1) is 0 Å². The molecule has 0 aromatic carbocycles. The van der Waals surface area contributed by atoms with E-state index in [1.54, 1.807) is 0 Å². The Labute approximate surface area is 115 Å². The molecule has 1 aromatic heterocycles. The molecule has 2 rings (SSSR count). The first-order chi connectivity index (χ1) is 9.30. The normalized spacial score (nSPS) is 15.8. The second-order valence-corrected chi connectivity index (χ2v) is 4.74. The Morgan fingerprint density at radius 1 is 1.11 bits per heavy atom. The summed E-state index contributed by atoms with van der Waals surface area (Å²) in [6.45, 7) is 8.22. The number of nitrogens with zero attached hydrogens (tertiary/aromatic N) is 3.